The van der Waals surface area contributed by atoms with Crippen LogP contribution in [0.1, 0.15) is 61.4 Å². The quantitative estimate of drug-likeness (QED) is 0.0432. The topological polar surface area (TPSA) is 317 Å². The molecule has 10 aromatic rings. The van der Waals surface area contributed by atoms with E-state index in [0.29, 0.717) is 112 Å². The summed E-state index contributed by atoms with van der Waals surface area (Å²) in [5, 5.41) is 12.6. The maximum atomic E-state index is 14.5. The van der Waals surface area contributed by atoms with Gasteiger partial charge < -0.3 is 54.8 Å². The van der Waals surface area contributed by atoms with E-state index in [9.17, 15) is 33.6 Å². The number of carbonyl (C=O) groups excluding carboxylic acids is 7. The molecule has 612 valence electrons. The lowest BCUT2D eigenvalue weighted by molar-refractivity contribution is -0.114. The fourth-order valence-electron chi connectivity index (χ4n) is 13.5. The summed E-state index contributed by atoms with van der Waals surface area (Å²) in [7, 11) is 9.39. The minimum absolute atomic E-state index is 0.0860. The third-order valence-electron chi connectivity index (χ3n) is 19.4. The van der Waals surface area contributed by atoms with Gasteiger partial charge >= 0.3 is 24.2 Å². The molecule has 119 heavy (non-hydrogen) atoms. The number of rotatable bonds is 23. The van der Waals surface area contributed by atoms with Crippen molar-refractivity contribution in [3.8, 4) is 23.0 Å². The molecule has 1 atom stereocenters. The molecule has 7 aromatic carbocycles. The molecule has 1 unspecified atom stereocenters. The van der Waals surface area contributed by atoms with Crippen LogP contribution in [0.4, 0.5) is 100.0 Å². The summed E-state index contributed by atoms with van der Waals surface area (Å²) in [6.45, 7) is 17.8. The average molecular weight is 1650 g/mol. The van der Waals surface area contributed by atoms with Crippen LogP contribution in [0.25, 0.3) is 0 Å². The SMILES string of the molecule is C=CC(=O)Cc1ccccc1Nc1ncc2c(n1)N(C1CCCN(C(=O)OC(C)(C)C)C1)C(=O)N(c1cc(OC)cc(OC)c1)C2.C=CC(=O)N(C)c1ccccc1Nc1ncc2c(n1)N(Cc1ccccc1)C(=O)N(c1c(Cl)c(OC)cc(OC)c1Cl)C2.C=CC(=O)Nc1ccccc1Nc1ncc2c(n1)N(C)C(=O)N(c1ccccc1)C2. The molecular formula is C87H88Cl2N18O12. The number of aromatic nitrogens is 6. The number of methoxy groups -OCH3 is 4. The third-order valence-corrected chi connectivity index (χ3v) is 20.1. The van der Waals surface area contributed by atoms with E-state index in [1.807, 2.05) is 130 Å². The van der Waals surface area contributed by atoms with Crippen LogP contribution in [0.5, 0.6) is 23.0 Å². The fourth-order valence-corrected chi connectivity index (χ4v) is 14.2. The molecule has 1 fully saturated rings. The van der Waals surface area contributed by atoms with Crippen LogP contribution in [-0.2, 0) is 51.7 Å². The number of hydrogen-bond acceptors (Lipinski definition) is 21. The molecule has 4 aliphatic rings. The molecule has 14 rings (SSSR count). The second-order valence-electron chi connectivity index (χ2n) is 28.4. The molecule has 32 heteroatoms. The molecule has 4 N–H and O–H groups in total. The fraction of sp³-hybridized carbons (Fsp3) is 0.230. The number of ketones is 1. The number of carbonyl (C=O) groups is 7. The first-order valence-corrected chi connectivity index (χ1v) is 38.4. The molecule has 7 heterocycles. The highest BCUT2D eigenvalue weighted by atomic mass is 35.5. The monoisotopic (exact) mass is 1650 g/mol. The number of amides is 9. The Morgan fingerprint density at radius 1 is 0.571 bits per heavy atom. The van der Waals surface area contributed by atoms with Gasteiger partial charge in [-0.2, -0.15) is 15.0 Å². The highest BCUT2D eigenvalue weighted by Gasteiger charge is 2.42. The van der Waals surface area contributed by atoms with Gasteiger partial charge in [-0.25, -0.2) is 34.1 Å². The largest absolute Gasteiger partial charge is 0.497 e. The summed E-state index contributed by atoms with van der Waals surface area (Å²) in [6, 6.07) is 46.4. The van der Waals surface area contributed by atoms with Crippen LogP contribution in [0.3, 0.4) is 0 Å². The van der Waals surface area contributed by atoms with Gasteiger partial charge in [0, 0.05) is 105 Å². The summed E-state index contributed by atoms with van der Waals surface area (Å²) in [4.78, 5) is 131. The van der Waals surface area contributed by atoms with Crippen molar-refractivity contribution < 1.29 is 57.2 Å². The van der Waals surface area contributed by atoms with Crippen molar-refractivity contribution in [2.75, 3.05) is 111 Å². The molecule has 0 aliphatic carbocycles. The summed E-state index contributed by atoms with van der Waals surface area (Å²) in [5.74, 6) is 3.22. The lowest BCUT2D eigenvalue weighted by Gasteiger charge is -2.43. The lowest BCUT2D eigenvalue weighted by atomic mass is 10.0. The molecular weight excluding hydrogens is 1560 g/mol. The van der Waals surface area contributed by atoms with Gasteiger partial charge in [0.25, 0.3) is 0 Å². The maximum Gasteiger partial charge on any atom is 0.410 e. The van der Waals surface area contributed by atoms with Crippen molar-refractivity contribution in [3.63, 3.8) is 0 Å². The zero-order valence-corrected chi connectivity index (χ0v) is 68.5. The molecule has 3 aromatic heterocycles. The Morgan fingerprint density at radius 2 is 1.09 bits per heavy atom. The Kier molecular flexibility index (Phi) is 26.7. The first kappa shape index (κ1) is 84.3. The van der Waals surface area contributed by atoms with E-state index in [1.54, 1.807) is 120 Å². The van der Waals surface area contributed by atoms with E-state index in [2.05, 4.69) is 60.9 Å². The van der Waals surface area contributed by atoms with Crippen LogP contribution >= 0.6 is 23.2 Å². The minimum atomic E-state index is -0.653. The Morgan fingerprint density at radius 3 is 1.69 bits per heavy atom. The first-order valence-electron chi connectivity index (χ1n) is 37.6. The van der Waals surface area contributed by atoms with Crippen molar-refractivity contribution in [1.29, 1.82) is 0 Å². The van der Waals surface area contributed by atoms with Gasteiger partial charge in [0.05, 0.1) is 94.8 Å². The molecule has 1 saturated heterocycles. The number of urea groups is 3. The zero-order valence-electron chi connectivity index (χ0n) is 67.0. The number of ether oxygens (including phenoxy) is 5. The van der Waals surface area contributed by atoms with Crippen LogP contribution < -0.4 is 74.5 Å². The van der Waals surface area contributed by atoms with Crippen LogP contribution in [0.2, 0.25) is 10.0 Å². The van der Waals surface area contributed by atoms with Crippen molar-refractivity contribution >= 4 is 146 Å². The number of nitrogens with zero attached hydrogens (tertiary/aromatic N) is 14. The number of anilines is 14. The van der Waals surface area contributed by atoms with Crippen molar-refractivity contribution in [2.45, 2.75) is 77.9 Å². The van der Waals surface area contributed by atoms with Gasteiger partial charge in [0.1, 0.15) is 56.1 Å². The normalized spacial score (nSPS) is 14.1. The second-order valence-corrected chi connectivity index (χ2v) is 29.1. The number of likely N-dealkylation sites (N-methyl/N-ethyl adjacent to an activating group) is 1. The average Bonchev–Trinajstić information content (AvgIpc) is 0.759. The lowest BCUT2D eigenvalue weighted by Crippen LogP contribution is -2.58. The highest BCUT2D eigenvalue weighted by molar-refractivity contribution is 6.42. The van der Waals surface area contributed by atoms with Crippen molar-refractivity contribution in [2.24, 2.45) is 0 Å². The molecule has 0 bridgehead atoms. The van der Waals surface area contributed by atoms with Gasteiger partial charge in [0.2, 0.25) is 29.7 Å². The Labute approximate surface area is 698 Å². The first-order chi connectivity index (χ1) is 57.3. The van der Waals surface area contributed by atoms with Gasteiger partial charge in [-0.1, -0.05) is 134 Å². The number of para-hydroxylation sites is 6. The van der Waals surface area contributed by atoms with E-state index < -0.39 is 17.7 Å². The minimum Gasteiger partial charge on any atom is -0.497 e. The predicted octanol–water partition coefficient (Wildman–Crippen LogP) is 16.6. The molecule has 0 saturated carbocycles. The Balaban J connectivity index is 0.000000167. The number of fused-ring (bicyclic) bond motifs is 3. The molecule has 0 spiro atoms. The number of piperidine rings is 1. The number of halogens is 2. The maximum absolute atomic E-state index is 14.5. The van der Waals surface area contributed by atoms with Crippen molar-refractivity contribution in [1.82, 2.24) is 34.8 Å². The predicted molar refractivity (Wildman–Crippen MR) is 461 cm³/mol. The zero-order chi connectivity index (χ0) is 84.8. The molecule has 0 radical (unpaired) electrons. The van der Waals surface area contributed by atoms with Gasteiger partial charge in [-0.05, 0) is 105 Å². The third kappa shape index (κ3) is 19.5. The molecule has 9 amide bonds. The van der Waals surface area contributed by atoms with E-state index in [4.69, 9.17) is 56.9 Å². The van der Waals surface area contributed by atoms with E-state index in [1.165, 1.54) is 47.1 Å². The summed E-state index contributed by atoms with van der Waals surface area (Å²) in [5.41, 5.74) is 7.92. The van der Waals surface area contributed by atoms with Gasteiger partial charge in [-0.3, -0.25) is 43.8 Å². The van der Waals surface area contributed by atoms with Gasteiger partial charge in [-0.15, -0.1) is 0 Å². The number of hydrogen-bond donors (Lipinski definition) is 4. The number of nitrogens with one attached hydrogen (secondary N) is 4. The molecule has 4 aliphatic heterocycles. The highest BCUT2D eigenvalue weighted by Crippen LogP contribution is 2.49. The standard InChI is InChI=1S/C34H40N6O6.C31H28Cl2N6O4.C22H20N6O2/c1-7-26(41)15-22-11-8-9-13-29(22)36-31-35-19-23-20-39(25-16-27(44-5)18-28(17-25)45-6)32(42)40(30(23)37-31)24-12-10-14-38(21-24)33(43)46-34(2,3)4;1-5-25(40)37(2)22-14-10-9-13-21(22)35-30-34-16-20-18-38(28-26(32)23(42-3)15-24(43-4)27(28)33)31(41)39(29(20)36-30)17-19-11-7-6-8-12-19;1-3-19(29)24-17-11-7-8-12-18(17)25-21-23-13-15-14-28(16-9-5-4-6-10-16)22(30)27(2)20(15)26-21/h7-9,11,13,16-19,24H,1,10,12,14-15,20-21H2,2-6H3,(H,35,36,37);5-16H,1,17-18H2,2-4H3,(H,34,35,36);3-13H,1,14H2,2H3,(H,24,29)(H,23,25,26). The van der Waals surface area contributed by atoms with Gasteiger partial charge in [0.15, 0.2) is 5.78 Å². The number of benzene rings is 7. The van der Waals surface area contributed by atoms with E-state index in [0.717, 1.165) is 27.9 Å². The summed E-state index contributed by atoms with van der Waals surface area (Å²) in [6.07, 6.45) is 9.85. The number of likely N-dealkylation sites (tertiary alicyclic amines) is 1. The summed E-state index contributed by atoms with van der Waals surface area (Å²) < 4.78 is 27.5. The Hall–Kier alpha value is -14.1. The van der Waals surface area contributed by atoms with Crippen molar-refractivity contribution in [3.05, 3.63) is 252 Å². The molecule has 30 nitrogen and oxygen atoms in total. The van der Waals surface area contributed by atoms with Crippen LogP contribution in [-0.4, -0.2) is 144 Å². The smallest absolute Gasteiger partial charge is 0.410 e. The van der Waals surface area contributed by atoms with Crippen LogP contribution in [0, 0.1) is 0 Å². The number of allylic oxidation sites excluding steroid dienone is 1. The van der Waals surface area contributed by atoms with E-state index >= 15 is 0 Å². The summed E-state index contributed by atoms with van der Waals surface area (Å²) >= 11 is 13.4. The van der Waals surface area contributed by atoms with E-state index in [-0.39, 0.29) is 95.9 Å². The second kappa shape index (κ2) is 37.6. The Bertz CT molecular complexity index is 5460. The van der Waals surface area contributed by atoms with Crippen LogP contribution in [0.15, 0.2) is 214 Å².